The van der Waals surface area contributed by atoms with E-state index in [1.54, 1.807) is 13.0 Å². The Bertz CT molecular complexity index is 391. The Labute approximate surface area is 85.2 Å². The van der Waals surface area contributed by atoms with Crippen LogP contribution in [0.15, 0.2) is 36.4 Å². The molecule has 1 aromatic carbocycles. The average molecular weight is 210 g/mol. The van der Waals surface area contributed by atoms with Gasteiger partial charge in [-0.3, -0.25) is 0 Å². The van der Waals surface area contributed by atoms with Crippen molar-refractivity contribution in [2.24, 2.45) is 0 Å². The van der Waals surface area contributed by atoms with E-state index < -0.39 is 9.84 Å². The van der Waals surface area contributed by atoms with E-state index in [9.17, 15) is 8.42 Å². The molecule has 0 heterocycles. The highest BCUT2D eigenvalue weighted by Crippen LogP contribution is 2.01. The maximum absolute atomic E-state index is 11.1. The van der Waals surface area contributed by atoms with Crippen LogP contribution in [0.4, 0.5) is 0 Å². The van der Waals surface area contributed by atoms with Crippen LogP contribution in [0.25, 0.3) is 6.08 Å². The Balaban J connectivity index is 2.59. The van der Waals surface area contributed by atoms with Gasteiger partial charge in [0.1, 0.15) is 0 Å². The molecule has 0 aliphatic rings. The van der Waals surface area contributed by atoms with Gasteiger partial charge in [-0.2, -0.15) is 0 Å². The van der Waals surface area contributed by atoms with E-state index in [0.29, 0.717) is 0 Å². The van der Waals surface area contributed by atoms with Crippen molar-refractivity contribution in [2.75, 3.05) is 11.5 Å². The zero-order chi connectivity index (χ0) is 10.4. The maximum Gasteiger partial charge on any atom is 0.153 e. The van der Waals surface area contributed by atoms with Gasteiger partial charge in [-0.05, 0) is 5.56 Å². The van der Waals surface area contributed by atoms with Gasteiger partial charge in [0.05, 0.1) is 5.75 Å². The smallest absolute Gasteiger partial charge is 0.153 e. The Morgan fingerprint density at radius 1 is 1.21 bits per heavy atom. The van der Waals surface area contributed by atoms with Crippen molar-refractivity contribution >= 4 is 15.9 Å². The van der Waals surface area contributed by atoms with Gasteiger partial charge < -0.3 is 0 Å². The molecule has 2 nitrogen and oxygen atoms in total. The summed E-state index contributed by atoms with van der Waals surface area (Å²) >= 11 is 0. The summed E-state index contributed by atoms with van der Waals surface area (Å²) in [5, 5.41) is 0. The van der Waals surface area contributed by atoms with Crippen molar-refractivity contribution < 1.29 is 8.42 Å². The summed E-state index contributed by atoms with van der Waals surface area (Å²) in [5.41, 5.74) is 1.03. The SMILES string of the molecule is CCS(=O)(=O)C/C=C/c1ccccc1. The molecule has 1 aromatic rings. The molecule has 76 valence electrons. The molecule has 1 rings (SSSR count). The second-order valence-electron chi connectivity index (χ2n) is 3.01. The molecule has 0 unspecified atom stereocenters. The summed E-state index contributed by atoms with van der Waals surface area (Å²) in [7, 11) is -2.88. The first kappa shape index (κ1) is 11.0. The van der Waals surface area contributed by atoms with Crippen molar-refractivity contribution in [2.45, 2.75) is 6.92 Å². The number of benzene rings is 1. The normalized spacial score (nSPS) is 12.1. The Hall–Kier alpha value is -1.09. The molecule has 0 radical (unpaired) electrons. The van der Waals surface area contributed by atoms with E-state index in [1.807, 2.05) is 36.4 Å². The quantitative estimate of drug-likeness (QED) is 0.763. The largest absolute Gasteiger partial charge is 0.229 e. The van der Waals surface area contributed by atoms with Gasteiger partial charge in [0.25, 0.3) is 0 Å². The highest BCUT2D eigenvalue weighted by molar-refractivity contribution is 7.91. The standard InChI is InChI=1S/C11H14O2S/c1-2-14(12,13)10-6-9-11-7-4-3-5-8-11/h3-9H,2,10H2,1H3/b9-6+. The van der Waals surface area contributed by atoms with Crippen molar-refractivity contribution in [1.29, 1.82) is 0 Å². The summed E-state index contributed by atoms with van der Waals surface area (Å²) in [6, 6.07) is 9.66. The Morgan fingerprint density at radius 2 is 1.86 bits per heavy atom. The van der Waals surface area contributed by atoms with Crippen LogP contribution < -0.4 is 0 Å². The van der Waals surface area contributed by atoms with Crippen LogP contribution in [0, 0.1) is 0 Å². The molecule has 0 amide bonds. The predicted octanol–water partition coefficient (Wildman–Crippen LogP) is 2.13. The minimum Gasteiger partial charge on any atom is -0.229 e. The highest BCUT2D eigenvalue weighted by Gasteiger charge is 2.02. The van der Waals surface area contributed by atoms with Gasteiger partial charge in [0.15, 0.2) is 9.84 Å². The van der Waals surface area contributed by atoms with Gasteiger partial charge in [0, 0.05) is 5.75 Å². The molecule has 0 N–H and O–H groups in total. The zero-order valence-corrected chi connectivity index (χ0v) is 9.00. The highest BCUT2D eigenvalue weighted by atomic mass is 32.2. The molecule has 3 heteroatoms. The lowest BCUT2D eigenvalue weighted by molar-refractivity contribution is 0.600. The summed E-state index contributed by atoms with van der Waals surface area (Å²) in [6.45, 7) is 1.66. The third-order valence-electron chi connectivity index (χ3n) is 1.90. The van der Waals surface area contributed by atoms with Crippen LogP contribution in [0.3, 0.4) is 0 Å². The van der Waals surface area contributed by atoms with Crippen molar-refractivity contribution in [3.05, 3.63) is 42.0 Å². The van der Waals surface area contributed by atoms with Crippen LogP contribution in [0.1, 0.15) is 12.5 Å². The topological polar surface area (TPSA) is 34.1 Å². The summed E-state index contributed by atoms with van der Waals surface area (Å²) in [6.07, 6.45) is 3.52. The molecule has 0 aliphatic heterocycles. The molecular weight excluding hydrogens is 196 g/mol. The lowest BCUT2D eigenvalue weighted by Crippen LogP contribution is -2.05. The predicted molar refractivity (Wildman–Crippen MR) is 59.8 cm³/mol. The fraction of sp³-hybridized carbons (Fsp3) is 0.273. The van der Waals surface area contributed by atoms with Gasteiger partial charge >= 0.3 is 0 Å². The van der Waals surface area contributed by atoms with Crippen molar-refractivity contribution in [3.8, 4) is 0 Å². The summed E-state index contributed by atoms with van der Waals surface area (Å²) in [4.78, 5) is 0. The van der Waals surface area contributed by atoms with Gasteiger partial charge in [0.2, 0.25) is 0 Å². The number of rotatable bonds is 4. The Morgan fingerprint density at radius 3 is 2.43 bits per heavy atom. The molecule has 0 aromatic heterocycles. The molecular formula is C11H14O2S. The van der Waals surface area contributed by atoms with E-state index in [1.165, 1.54) is 0 Å². The number of sulfone groups is 1. The first-order chi connectivity index (χ1) is 6.64. The minimum absolute atomic E-state index is 0.123. The van der Waals surface area contributed by atoms with Crippen LogP contribution >= 0.6 is 0 Å². The second-order valence-corrected chi connectivity index (χ2v) is 5.41. The number of hydrogen-bond donors (Lipinski definition) is 0. The van der Waals surface area contributed by atoms with Gasteiger partial charge in [-0.25, -0.2) is 8.42 Å². The van der Waals surface area contributed by atoms with E-state index in [0.717, 1.165) is 5.56 Å². The molecule has 0 fully saturated rings. The minimum atomic E-state index is -2.88. The maximum atomic E-state index is 11.1. The monoisotopic (exact) mass is 210 g/mol. The molecule has 14 heavy (non-hydrogen) atoms. The third-order valence-corrected chi connectivity index (χ3v) is 3.48. The Kier molecular flexibility index (Phi) is 3.89. The zero-order valence-electron chi connectivity index (χ0n) is 8.18. The van der Waals surface area contributed by atoms with Crippen LogP contribution in [0.2, 0.25) is 0 Å². The fourth-order valence-electron chi connectivity index (χ4n) is 1.01. The van der Waals surface area contributed by atoms with Crippen molar-refractivity contribution in [1.82, 2.24) is 0 Å². The fourth-order valence-corrected chi connectivity index (χ4v) is 1.64. The molecule has 0 atom stereocenters. The lowest BCUT2D eigenvalue weighted by Gasteiger charge is -1.94. The average Bonchev–Trinajstić information content (AvgIpc) is 2.19. The van der Waals surface area contributed by atoms with Crippen LogP contribution in [0.5, 0.6) is 0 Å². The second kappa shape index (κ2) is 4.96. The molecule has 0 bridgehead atoms. The summed E-state index contributed by atoms with van der Waals surface area (Å²) in [5.74, 6) is 0.324. The van der Waals surface area contributed by atoms with Gasteiger partial charge in [-0.15, -0.1) is 0 Å². The molecule has 0 saturated heterocycles. The first-order valence-electron chi connectivity index (χ1n) is 4.56. The van der Waals surface area contributed by atoms with E-state index in [4.69, 9.17) is 0 Å². The van der Waals surface area contributed by atoms with E-state index in [-0.39, 0.29) is 11.5 Å². The number of hydrogen-bond acceptors (Lipinski definition) is 2. The molecule has 0 saturated carbocycles. The van der Waals surface area contributed by atoms with Gasteiger partial charge in [-0.1, -0.05) is 49.4 Å². The molecule has 0 spiro atoms. The van der Waals surface area contributed by atoms with Crippen LogP contribution in [-0.2, 0) is 9.84 Å². The lowest BCUT2D eigenvalue weighted by atomic mass is 10.2. The van der Waals surface area contributed by atoms with E-state index >= 15 is 0 Å². The van der Waals surface area contributed by atoms with Crippen molar-refractivity contribution in [3.63, 3.8) is 0 Å². The first-order valence-corrected chi connectivity index (χ1v) is 6.38. The van der Waals surface area contributed by atoms with E-state index in [2.05, 4.69) is 0 Å². The third kappa shape index (κ3) is 3.75. The molecule has 0 aliphatic carbocycles. The van der Waals surface area contributed by atoms with Crippen LogP contribution in [-0.4, -0.2) is 19.9 Å². The summed E-state index contributed by atoms with van der Waals surface area (Å²) < 4.78 is 22.3.